The molecule has 23 heavy (non-hydrogen) atoms. The number of para-hydroxylation sites is 3. The van der Waals surface area contributed by atoms with Crippen LogP contribution in [0.3, 0.4) is 0 Å². The smallest absolute Gasteiger partial charge is 0.408 e. The molecular formula is C18H18N2O3. The first-order valence-electron chi connectivity index (χ1n) is 7.57. The fraction of sp³-hybridized carbons (Fsp3) is 0.222. The van der Waals surface area contributed by atoms with Crippen molar-refractivity contribution in [1.29, 1.82) is 0 Å². The van der Waals surface area contributed by atoms with Crippen LogP contribution in [0.15, 0.2) is 51.7 Å². The molecular weight excluding hydrogens is 292 g/mol. The molecule has 0 spiro atoms. The standard InChI is InChI=1S/C18H18N2O3/c1-3-13-8-6-7-12(2)17(13)19-16(21)11-20-14-9-4-5-10-15(14)23-18(20)22/h4-10H,3,11H2,1-2H3,(H,19,21). The summed E-state index contributed by atoms with van der Waals surface area (Å²) in [5.41, 5.74) is 3.99. The van der Waals surface area contributed by atoms with Crippen LogP contribution in [0.25, 0.3) is 11.1 Å². The molecule has 3 aromatic rings. The lowest BCUT2D eigenvalue weighted by Gasteiger charge is -2.13. The van der Waals surface area contributed by atoms with Gasteiger partial charge in [0.25, 0.3) is 0 Å². The Labute approximate surface area is 133 Å². The molecule has 0 aliphatic rings. The minimum Gasteiger partial charge on any atom is -0.408 e. The first-order valence-corrected chi connectivity index (χ1v) is 7.57. The second kappa shape index (κ2) is 6.12. The van der Waals surface area contributed by atoms with E-state index in [4.69, 9.17) is 4.42 Å². The Balaban J connectivity index is 1.88. The number of aromatic nitrogens is 1. The highest BCUT2D eigenvalue weighted by Crippen LogP contribution is 2.21. The van der Waals surface area contributed by atoms with Crippen molar-refractivity contribution in [3.63, 3.8) is 0 Å². The summed E-state index contributed by atoms with van der Waals surface area (Å²) < 4.78 is 6.49. The van der Waals surface area contributed by atoms with Crippen molar-refractivity contribution in [2.24, 2.45) is 0 Å². The van der Waals surface area contributed by atoms with Gasteiger partial charge in [0.05, 0.1) is 5.52 Å². The number of rotatable bonds is 4. The Morgan fingerprint density at radius 3 is 2.74 bits per heavy atom. The summed E-state index contributed by atoms with van der Waals surface area (Å²) in [6, 6.07) is 13.0. The van der Waals surface area contributed by atoms with E-state index in [1.807, 2.05) is 38.1 Å². The summed E-state index contributed by atoms with van der Waals surface area (Å²) in [6.07, 6.45) is 0.825. The largest absolute Gasteiger partial charge is 0.420 e. The quantitative estimate of drug-likeness (QED) is 0.805. The van der Waals surface area contributed by atoms with Crippen LogP contribution in [-0.2, 0) is 17.8 Å². The van der Waals surface area contributed by atoms with Crippen LogP contribution in [-0.4, -0.2) is 10.5 Å². The zero-order valence-corrected chi connectivity index (χ0v) is 13.1. The maximum atomic E-state index is 12.4. The highest BCUT2D eigenvalue weighted by Gasteiger charge is 2.14. The summed E-state index contributed by atoms with van der Waals surface area (Å²) in [5.74, 6) is -0.774. The van der Waals surface area contributed by atoms with Crippen LogP contribution in [0.1, 0.15) is 18.1 Å². The number of carbonyl (C=O) groups is 1. The Hall–Kier alpha value is -2.82. The molecule has 0 radical (unpaired) electrons. The van der Waals surface area contributed by atoms with Crippen LogP contribution in [0.5, 0.6) is 0 Å². The number of carbonyl (C=O) groups excluding carboxylic acids is 1. The molecule has 5 heteroatoms. The minimum atomic E-state index is -0.526. The number of anilines is 1. The fourth-order valence-electron chi connectivity index (χ4n) is 2.69. The molecule has 3 rings (SSSR count). The lowest BCUT2D eigenvalue weighted by molar-refractivity contribution is -0.116. The monoisotopic (exact) mass is 310 g/mol. The Bertz CT molecular complexity index is 921. The molecule has 1 aromatic heterocycles. The zero-order valence-electron chi connectivity index (χ0n) is 13.1. The fourth-order valence-corrected chi connectivity index (χ4v) is 2.69. The molecule has 0 unspecified atom stereocenters. The molecule has 1 heterocycles. The van der Waals surface area contributed by atoms with Gasteiger partial charge >= 0.3 is 5.76 Å². The number of benzene rings is 2. The van der Waals surface area contributed by atoms with E-state index in [9.17, 15) is 9.59 Å². The molecule has 0 saturated heterocycles. The third-order valence-corrected chi connectivity index (χ3v) is 3.88. The van der Waals surface area contributed by atoms with E-state index in [0.29, 0.717) is 11.1 Å². The maximum absolute atomic E-state index is 12.4. The van der Waals surface area contributed by atoms with E-state index in [2.05, 4.69) is 5.32 Å². The number of amides is 1. The van der Waals surface area contributed by atoms with Gasteiger partial charge in [-0.05, 0) is 36.6 Å². The van der Waals surface area contributed by atoms with Gasteiger partial charge in [0.2, 0.25) is 5.91 Å². The summed E-state index contributed by atoms with van der Waals surface area (Å²) in [6.45, 7) is 3.92. The van der Waals surface area contributed by atoms with E-state index in [1.165, 1.54) is 4.57 Å². The lowest BCUT2D eigenvalue weighted by atomic mass is 10.1. The molecule has 5 nitrogen and oxygen atoms in total. The summed E-state index contributed by atoms with van der Waals surface area (Å²) in [5, 5.41) is 2.92. The number of oxazole rings is 1. The van der Waals surface area contributed by atoms with Gasteiger partial charge in [-0.1, -0.05) is 37.3 Å². The lowest BCUT2D eigenvalue weighted by Crippen LogP contribution is -2.25. The van der Waals surface area contributed by atoms with Gasteiger partial charge in [-0.3, -0.25) is 9.36 Å². The van der Waals surface area contributed by atoms with Gasteiger partial charge in [0.1, 0.15) is 6.54 Å². The van der Waals surface area contributed by atoms with E-state index >= 15 is 0 Å². The first-order chi connectivity index (χ1) is 11.1. The summed E-state index contributed by atoms with van der Waals surface area (Å²) in [7, 11) is 0. The molecule has 1 N–H and O–H groups in total. The third kappa shape index (κ3) is 2.90. The maximum Gasteiger partial charge on any atom is 0.420 e. The first kappa shape index (κ1) is 15.1. The SMILES string of the molecule is CCc1cccc(C)c1NC(=O)Cn1c(=O)oc2ccccc21. The topological polar surface area (TPSA) is 64.2 Å². The highest BCUT2D eigenvalue weighted by molar-refractivity contribution is 5.93. The second-order valence-electron chi connectivity index (χ2n) is 5.43. The summed E-state index contributed by atoms with van der Waals surface area (Å²) >= 11 is 0. The van der Waals surface area contributed by atoms with E-state index in [0.717, 1.165) is 23.2 Å². The van der Waals surface area contributed by atoms with Gasteiger partial charge < -0.3 is 9.73 Å². The number of nitrogens with zero attached hydrogens (tertiary/aromatic N) is 1. The molecule has 0 bridgehead atoms. The second-order valence-corrected chi connectivity index (χ2v) is 5.43. The van der Waals surface area contributed by atoms with Crippen molar-refractivity contribution < 1.29 is 9.21 Å². The van der Waals surface area contributed by atoms with Gasteiger partial charge in [0, 0.05) is 5.69 Å². The van der Waals surface area contributed by atoms with Gasteiger partial charge in [-0.2, -0.15) is 0 Å². The third-order valence-electron chi connectivity index (χ3n) is 3.88. The van der Waals surface area contributed by atoms with E-state index in [1.54, 1.807) is 18.2 Å². The molecule has 118 valence electrons. The Morgan fingerprint density at radius 1 is 1.17 bits per heavy atom. The van der Waals surface area contributed by atoms with Crippen molar-refractivity contribution in [2.45, 2.75) is 26.8 Å². The summed E-state index contributed by atoms with van der Waals surface area (Å²) in [4.78, 5) is 24.3. The minimum absolute atomic E-state index is 0.0761. The van der Waals surface area contributed by atoms with E-state index < -0.39 is 5.76 Å². The average molecular weight is 310 g/mol. The van der Waals surface area contributed by atoms with Crippen LogP contribution >= 0.6 is 0 Å². The van der Waals surface area contributed by atoms with Gasteiger partial charge in [-0.25, -0.2) is 4.79 Å². The number of hydrogen-bond acceptors (Lipinski definition) is 3. The average Bonchev–Trinajstić information content (AvgIpc) is 2.85. The van der Waals surface area contributed by atoms with Crippen molar-refractivity contribution >= 4 is 22.7 Å². The highest BCUT2D eigenvalue weighted by atomic mass is 16.4. The van der Waals surface area contributed by atoms with Crippen LogP contribution in [0.4, 0.5) is 5.69 Å². The van der Waals surface area contributed by atoms with Crippen LogP contribution in [0, 0.1) is 6.92 Å². The predicted octanol–water partition coefficient (Wildman–Crippen LogP) is 3.10. The predicted molar refractivity (Wildman–Crippen MR) is 89.7 cm³/mol. The number of aryl methyl sites for hydroxylation is 2. The molecule has 0 aliphatic carbocycles. The number of nitrogens with one attached hydrogen (secondary N) is 1. The van der Waals surface area contributed by atoms with Crippen molar-refractivity contribution in [2.75, 3.05) is 5.32 Å². The Kier molecular flexibility index (Phi) is 4.02. The van der Waals surface area contributed by atoms with Crippen LogP contribution < -0.4 is 11.1 Å². The van der Waals surface area contributed by atoms with Crippen molar-refractivity contribution in [1.82, 2.24) is 4.57 Å². The van der Waals surface area contributed by atoms with Crippen molar-refractivity contribution in [3.8, 4) is 0 Å². The molecule has 0 aliphatic heterocycles. The van der Waals surface area contributed by atoms with Crippen molar-refractivity contribution in [3.05, 3.63) is 64.1 Å². The normalized spacial score (nSPS) is 10.9. The van der Waals surface area contributed by atoms with Crippen LogP contribution in [0.2, 0.25) is 0 Å². The Morgan fingerprint density at radius 2 is 1.96 bits per heavy atom. The molecule has 0 atom stereocenters. The zero-order chi connectivity index (χ0) is 16.4. The molecule has 0 fully saturated rings. The van der Waals surface area contributed by atoms with Gasteiger partial charge in [0.15, 0.2) is 5.58 Å². The molecule has 2 aromatic carbocycles. The van der Waals surface area contributed by atoms with E-state index in [-0.39, 0.29) is 12.5 Å². The number of hydrogen-bond donors (Lipinski definition) is 1. The van der Waals surface area contributed by atoms with Gasteiger partial charge in [-0.15, -0.1) is 0 Å². The molecule has 0 saturated carbocycles. The molecule has 1 amide bonds. The number of fused-ring (bicyclic) bond motifs is 1.